The van der Waals surface area contributed by atoms with Crippen molar-refractivity contribution in [3.63, 3.8) is 0 Å². The average molecular weight is 250 g/mol. The Morgan fingerprint density at radius 3 is 2.83 bits per heavy atom. The third-order valence-corrected chi connectivity index (χ3v) is 2.65. The Hall–Kier alpha value is -1.59. The van der Waals surface area contributed by atoms with Crippen molar-refractivity contribution in [2.75, 3.05) is 26.8 Å². The second-order valence-corrected chi connectivity index (χ2v) is 3.97. The van der Waals surface area contributed by atoms with Gasteiger partial charge in [0, 0.05) is 13.7 Å². The molecular formula is C13H22N4O. The number of methoxy groups -OCH3 is 1. The van der Waals surface area contributed by atoms with Crippen molar-refractivity contribution < 1.29 is 4.74 Å². The zero-order valence-corrected chi connectivity index (χ0v) is 11.1. The van der Waals surface area contributed by atoms with Gasteiger partial charge in [0.15, 0.2) is 0 Å². The Bertz CT molecular complexity index is 379. The van der Waals surface area contributed by atoms with Gasteiger partial charge >= 0.3 is 0 Å². The average Bonchev–Trinajstić information content (AvgIpc) is 2.39. The first-order valence-electron chi connectivity index (χ1n) is 6.06. The molecule has 0 atom stereocenters. The van der Waals surface area contributed by atoms with Crippen LogP contribution in [0, 0.1) is 6.92 Å². The summed E-state index contributed by atoms with van der Waals surface area (Å²) in [6, 6.07) is 8.35. The molecule has 100 valence electrons. The molecule has 0 amide bonds. The number of nitrogens with zero attached hydrogens (tertiary/aromatic N) is 1. The molecule has 0 unspecified atom stereocenters. The van der Waals surface area contributed by atoms with Crippen LogP contribution in [0.1, 0.15) is 11.1 Å². The van der Waals surface area contributed by atoms with Crippen LogP contribution in [-0.4, -0.2) is 32.8 Å². The molecule has 0 aliphatic carbocycles. The van der Waals surface area contributed by atoms with Crippen LogP contribution in [0.15, 0.2) is 29.3 Å². The molecule has 4 N–H and O–H groups in total. The molecule has 0 aliphatic rings. The van der Waals surface area contributed by atoms with E-state index < -0.39 is 0 Å². The van der Waals surface area contributed by atoms with E-state index in [-0.39, 0.29) is 0 Å². The first kappa shape index (κ1) is 14.5. The summed E-state index contributed by atoms with van der Waals surface area (Å²) < 4.78 is 4.92. The molecule has 0 fully saturated rings. The summed E-state index contributed by atoms with van der Waals surface area (Å²) in [5.74, 6) is 5.98. The summed E-state index contributed by atoms with van der Waals surface area (Å²) in [7, 11) is 1.65. The van der Waals surface area contributed by atoms with Gasteiger partial charge in [-0.2, -0.15) is 0 Å². The largest absolute Gasteiger partial charge is 0.383 e. The number of hydrogen-bond donors (Lipinski definition) is 3. The summed E-state index contributed by atoms with van der Waals surface area (Å²) in [6.07, 6.45) is 0.942. The zero-order valence-electron chi connectivity index (χ0n) is 11.1. The molecule has 0 saturated heterocycles. The molecule has 1 aromatic carbocycles. The number of rotatable bonds is 6. The number of hydrogen-bond acceptors (Lipinski definition) is 3. The van der Waals surface area contributed by atoms with E-state index >= 15 is 0 Å². The smallest absolute Gasteiger partial charge is 0.205 e. The molecule has 0 saturated carbocycles. The molecule has 1 rings (SSSR count). The third kappa shape index (κ3) is 5.16. The van der Waals surface area contributed by atoms with E-state index in [1.54, 1.807) is 7.11 Å². The quantitative estimate of drug-likeness (QED) is 0.227. The van der Waals surface area contributed by atoms with E-state index in [0.29, 0.717) is 19.1 Å². The van der Waals surface area contributed by atoms with Crippen LogP contribution in [0.4, 0.5) is 0 Å². The minimum atomic E-state index is 0.588. The first-order chi connectivity index (χ1) is 8.77. The molecule has 0 radical (unpaired) electrons. The topological polar surface area (TPSA) is 71.7 Å². The highest BCUT2D eigenvalue weighted by Crippen LogP contribution is 2.06. The number of aryl methyl sites for hydroxylation is 1. The highest BCUT2D eigenvalue weighted by Gasteiger charge is 1.98. The minimum absolute atomic E-state index is 0.588. The van der Waals surface area contributed by atoms with E-state index in [1.165, 1.54) is 11.1 Å². The molecule has 0 bridgehead atoms. The Labute approximate surface area is 108 Å². The normalized spacial score (nSPS) is 11.4. The SMILES string of the molecule is COCCN=C(NN)NCCc1ccccc1C. The number of nitrogens with two attached hydrogens (primary N) is 1. The van der Waals surface area contributed by atoms with Crippen LogP contribution in [0.3, 0.4) is 0 Å². The molecule has 5 heteroatoms. The molecule has 0 aliphatic heterocycles. The van der Waals surface area contributed by atoms with Gasteiger partial charge in [0.05, 0.1) is 13.2 Å². The fourth-order valence-electron chi connectivity index (χ4n) is 1.61. The maximum absolute atomic E-state index is 5.38. The van der Waals surface area contributed by atoms with Gasteiger partial charge in [-0.1, -0.05) is 24.3 Å². The van der Waals surface area contributed by atoms with Crippen molar-refractivity contribution >= 4 is 5.96 Å². The third-order valence-electron chi connectivity index (χ3n) is 2.65. The van der Waals surface area contributed by atoms with Crippen LogP contribution in [0.5, 0.6) is 0 Å². The first-order valence-corrected chi connectivity index (χ1v) is 6.06. The highest BCUT2D eigenvalue weighted by atomic mass is 16.5. The maximum Gasteiger partial charge on any atom is 0.205 e. The highest BCUT2D eigenvalue weighted by molar-refractivity contribution is 5.79. The van der Waals surface area contributed by atoms with Crippen molar-refractivity contribution in [1.29, 1.82) is 0 Å². The number of hydrazine groups is 1. The number of benzene rings is 1. The lowest BCUT2D eigenvalue weighted by Crippen LogP contribution is -2.42. The Morgan fingerprint density at radius 2 is 2.17 bits per heavy atom. The van der Waals surface area contributed by atoms with Gasteiger partial charge in [0.1, 0.15) is 0 Å². The van der Waals surface area contributed by atoms with Gasteiger partial charge < -0.3 is 10.1 Å². The molecular weight excluding hydrogens is 228 g/mol. The monoisotopic (exact) mass is 250 g/mol. The van der Waals surface area contributed by atoms with E-state index in [4.69, 9.17) is 10.6 Å². The van der Waals surface area contributed by atoms with Gasteiger partial charge in [-0.3, -0.25) is 5.43 Å². The molecule has 1 aromatic rings. The minimum Gasteiger partial charge on any atom is -0.383 e. The fraction of sp³-hybridized carbons (Fsp3) is 0.462. The van der Waals surface area contributed by atoms with E-state index in [0.717, 1.165) is 13.0 Å². The lowest BCUT2D eigenvalue weighted by molar-refractivity contribution is 0.208. The summed E-state index contributed by atoms with van der Waals surface area (Å²) in [5, 5.41) is 3.16. The van der Waals surface area contributed by atoms with Gasteiger partial charge in [0.2, 0.25) is 5.96 Å². The lowest BCUT2D eigenvalue weighted by atomic mass is 10.1. The van der Waals surface area contributed by atoms with Gasteiger partial charge in [-0.25, -0.2) is 10.8 Å². The van der Waals surface area contributed by atoms with Gasteiger partial charge in [-0.05, 0) is 24.5 Å². The van der Waals surface area contributed by atoms with Crippen molar-refractivity contribution in [3.8, 4) is 0 Å². The second-order valence-electron chi connectivity index (χ2n) is 3.97. The second kappa shape index (κ2) is 8.49. The standard InChI is InChI=1S/C13H22N4O/c1-11-5-3-4-6-12(11)7-8-15-13(17-14)16-9-10-18-2/h3-6H,7-10,14H2,1-2H3,(H2,15,16,17). The molecule has 0 spiro atoms. The van der Waals surface area contributed by atoms with E-state index in [1.807, 2.05) is 6.07 Å². The molecule has 0 heterocycles. The van der Waals surface area contributed by atoms with Gasteiger partial charge in [-0.15, -0.1) is 0 Å². The maximum atomic E-state index is 5.38. The predicted octanol–water partition coefficient (Wildman–Crippen LogP) is 0.593. The van der Waals surface area contributed by atoms with Crippen LogP contribution in [-0.2, 0) is 11.2 Å². The van der Waals surface area contributed by atoms with Crippen molar-refractivity contribution in [3.05, 3.63) is 35.4 Å². The van der Waals surface area contributed by atoms with Crippen LogP contribution in [0.25, 0.3) is 0 Å². The predicted molar refractivity (Wildman–Crippen MR) is 74.4 cm³/mol. The van der Waals surface area contributed by atoms with Crippen LogP contribution >= 0.6 is 0 Å². The van der Waals surface area contributed by atoms with Crippen molar-refractivity contribution in [2.24, 2.45) is 10.8 Å². The van der Waals surface area contributed by atoms with E-state index in [9.17, 15) is 0 Å². The molecule has 18 heavy (non-hydrogen) atoms. The fourth-order valence-corrected chi connectivity index (χ4v) is 1.61. The zero-order chi connectivity index (χ0) is 13.2. The number of aliphatic imine (C=N–C) groups is 1. The van der Waals surface area contributed by atoms with Crippen LogP contribution < -0.4 is 16.6 Å². The number of nitrogens with one attached hydrogen (secondary N) is 2. The lowest BCUT2D eigenvalue weighted by Gasteiger charge is -2.10. The van der Waals surface area contributed by atoms with Gasteiger partial charge in [0.25, 0.3) is 0 Å². The molecule has 0 aromatic heterocycles. The van der Waals surface area contributed by atoms with Crippen LogP contribution in [0.2, 0.25) is 0 Å². The number of ether oxygens (including phenoxy) is 1. The Morgan fingerprint density at radius 1 is 1.39 bits per heavy atom. The Kier molecular flexibility index (Phi) is 6.83. The van der Waals surface area contributed by atoms with Crippen molar-refractivity contribution in [2.45, 2.75) is 13.3 Å². The summed E-state index contributed by atoms with van der Waals surface area (Å²) >= 11 is 0. The Balaban J connectivity index is 2.35. The number of guanidine groups is 1. The molecule has 5 nitrogen and oxygen atoms in total. The summed E-state index contributed by atoms with van der Waals surface area (Å²) in [6.45, 7) is 4.09. The van der Waals surface area contributed by atoms with E-state index in [2.05, 4.69) is 40.9 Å². The summed E-state index contributed by atoms with van der Waals surface area (Å²) in [4.78, 5) is 4.23. The summed E-state index contributed by atoms with van der Waals surface area (Å²) in [5.41, 5.74) is 5.18. The van der Waals surface area contributed by atoms with Crippen molar-refractivity contribution in [1.82, 2.24) is 10.7 Å².